The van der Waals surface area contributed by atoms with E-state index in [1.54, 1.807) is 18.2 Å². The van der Waals surface area contributed by atoms with E-state index < -0.39 is 0 Å². The molecule has 6 nitrogen and oxygen atoms in total. The number of benzene rings is 2. The molecule has 0 aliphatic rings. The van der Waals surface area contributed by atoms with Crippen LogP contribution < -0.4 is 10.1 Å². The average molecular weight is 405 g/mol. The lowest BCUT2D eigenvalue weighted by Crippen LogP contribution is -2.12. The first-order valence-electron chi connectivity index (χ1n) is 8.38. The summed E-state index contributed by atoms with van der Waals surface area (Å²) in [4.78, 5) is 16.4. The van der Waals surface area contributed by atoms with Gasteiger partial charge in [-0.25, -0.2) is 4.98 Å². The molecule has 1 aromatic heterocycles. The molecule has 140 valence electrons. The fourth-order valence-electron chi connectivity index (χ4n) is 2.44. The summed E-state index contributed by atoms with van der Waals surface area (Å²) in [6, 6.07) is 12.4. The van der Waals surface area contributed by atoms with Gasteiger partial charge in [0.2, 0.25) is 5.91 Å². The number of hydrogen-bond acceptors (Lipinski definition) is 4. The van der Waals surface area contributed by atoms with Gasteiger partial charge in [-0.05, 0) is 43.7 Å². The van der Waals surface area contributed by atoms with Crippen molar-refractivity contribution >= 4 is 34.8 Å². The van der Waals surface area contributed by atoms with Gasteiger partial charge in [-0.1, -0.05) is 35.3 Å². The van der Waals surface area contributed by atoms with Crippen LogP contribution in [0.4, 0.5) is 5.69 Å². The van der Waals surface area contributed by atoms with Crippen LogP contribution in [0.3, 0.4) is 0 Å². The quantitative estimate of drug-likeness (QED) is 0.549. The highest BCUT2D eigenvalue weighted by Gasteiger charge is 2.08. The number of carbonyl (C=O) groups excluding carboxylic acids is 1. The number of aryl methyl sites for hydroxylation is 1. The van der Waals surface area contributed by atoms with E-state index in [-0.39, 0.29) is 5.91 Å². The van der Waals surface area contributed by atoms with Crippen LogP contribution in [0.25, 0.3) is 11.4 Å². The van der Waals surface area contributed by atoms with Crippen molar-refractivity contribution in [3.05, 3.63) is 58.3 Å². The number of anilines is 1. The van der Waals surface area contributed by atoms with E-state index in [0.29, 0.717) is 46.8 Å². The van der Waals surface area contributed by atoms with Crippen LogP contribution in [-0.2, 0) is 4.79 Å². The summed E-state index contributed by atoms with van der Waals surface area (Å²) in [5, 5.41) is 10.8. The van der Waals surface area contributed by atoms with E-state index in [1.807, 2.05) is 31.2 Å². The standard InChI is InChI=1S/C19H18Cl2N4O2/c1-12-22-19(25-24-12)13-4-2-5-15(10-13)23-18(26)6-3-9-27-17-8-7-14(20)11-16(17)21/h2,4-5,7-8,10-11H,3,6,9H2,1H3,(H,23,26)(H,22,24,25). The minimum Gasteiger partial charge on any atom is -0.492 e. The Balaban J connectivity index is 1.48. The van der Waals surface area contributed by atoms with Crippen molar-refractivity contribution in [2.75, 3.05) is 11.9 Å². The highest BCUT2D eigenvalue weighted by atomic mass is 35.5. The number of amides is 1. The number of hydrogen-bond donors (Lipinski definition) is 2. The fourth-order valence-corrected chi connectivity index (χ4v) is 2.90. The second-order valence-electron chi connectivity index (χ2n) is 5.90. The summed E-state index contributed by atoms with van der Waals surface area (Å²) >= 11 is 11.9. The highest BCUT2D eigenvalue weighted by Crippen LogP contribution is 2.27. The van der Waals surface area contributed by atoms with Crippen molar-refractivity contribution in [2.45, 2.75) is 19.8 Å². The lowest BCUT2D eigenvalue weighted by atomic mass is 10.2. The number of aromatic nitrogens is 3. The molecule has 0 fully saturated rings. The summed E-state index contributed by atoms with van der Waals surface area (Å²) in [6.07, 6.45) is 0.889. The zero-order valence-corrected chi connectivity index (χ0v) is 16.1. The first kappa shape index (κ1) is 19.2. The maximum Gasteiger partial charge on any atom is 0.224 e. The van der Waals surface area contributed by atoms with Crippen molar-refractivity contribution in [1.82, 2.24) is 15.2 Å². The number of nitrogens with zero attached hydrogens (tertiary/aromatic N) is 2. The number of carbonyl (C=O) groups is 1. The number of H-pyrrole nitrogens is 1. The Bertz CT molecular complexity index is 943. The summed E-state index contributed by atoms with van der Waals surface area (Å²) in [7, 11) is 0. The number of rotatable bonds is 7. The molecule has 0 aliphatic carbocycles. The van der Waals surface area contributed by atoms with E-state index in [0.717, 1.165) is 11.4 Å². The van der Waals surface area contributed by atoms with E-state index in [1.165, 1.54) is 0 Å². The van der Waals surface area contributed by atoms with E-state index in [9.17, 15) is 4.79 Å². The van der Waals surface area contributed by atoms with Crippen LogP contribution in [0.1, 0.15) is 18.7 Å². The molecule has 27 heavy (non-hydrogen) atoms. The molecule has 0 atom stereocenters. The van der Waals surface area contributed by atoms with E-state index in [2.05, 4.69) is 20.5 Å². The topological polar surface area (TPSA) is 79.9 Å². The highest BCUT2D eigenvalue weighted by molar-refractivity contribution is 6.35. The zero-order chi connectivity index (χ0) is 19.2. The molecule has 0 saturated heterocycles. The molecular weight excluding hydrogens is 387 g/mol. The lowest BCUT2D eigenvalue weighted by Gasteiger charge is -2.09. The van der Waals surface area contributed by atoms with Gasteiger partial charge in [0.25, 0.3) is 0 Å². The molecule has 0 spiro atoms. The van der Waals surface area contributed by atoms with Crippen LogP contribution in [-0.4, -0.2) is 27.7 Å². The van der Waals surface area contributed by atoms with Gasteiger partial charge in [-0.15, -0.1) is 0 Å². The monoisotopic (exact) mass is 404 g/mol. The van der Waals surface area contributed by atoms with E-state index in [4.69, 9.17) is 27.9 Å². The summed E-state index contributed by atoms with van der Waals surface area (Å²) < 4.78 is 5.58. The number of aromatic amines is 1. The third-order valence-electron chi connectivity index (χ3n) is 3.70. The maximum absolute atomic E-state index is 12.1. The second-order valence-corrected chi connectivity index (χ2v) is 6.74. The molecule has 0 saturated carbocycles. The molecule has 8 heteroatoms. The smallest absolute Gasteiger partial charge is 0.224 e. The molecule has 1 amide bonds. The van der Waals surface area contributed by atoms with Crippen LogP contribution >= 0.6 is 23.2 Å². The summed E-state index contributed by atoms with van der Waals surface area (Å²) in [5.41, 5.74) is 1.53. The van der Waals surface area contributed by atoms with Crippen LogP contribution in [0.15, 0.2) is 42.5 Å². The van der Waals surface area contributed by atoms with Crippen LogP contribution in [0, 0.1) is 6.92 Å². The largest absolute Gasteiger partial charge is 0.492 e. The van der Waals surface area contributed by atoms with Crippen molar-refractivity contribution in [1.29, 1.82) is 0 Å². The molecule has 0 bridgehead atoms. The molecule has 2 N–H and O–H groups in total. The van der Waals surface area contributed by atoms with Gasteiger partial charge in [0, 0.05) is 22.7 Å². The normalized spacial score (nSPS) is 10.6. The maximum atomic E-state index is 12.1. The molecule has 0 radical (unpaired) electrons. The molecule has 0 unspecified atom stereocenters. The molecule has 2 aromatic carbocycles. The summed E-state index contributed by atoms with van der Waals surface area (Å²) in [5.74, 6) is 1.79. The Labute approximate surface area is 166 Å². The Morgan fingerprint density at radius 1 is 1.22 bits per heavy atom. The number of nitrogens with one attached hydrogen (secondary N) is 2. The molecular formula is C19H18Cl2N4O2. The van der Waals surface area contributed by atoms with Gasteiger partial charge < -0.3 is 10.1 Å². The number of halogens is 2. The van der Waals surface area contributed by atoms with Crippen LogP contribution in [0.5, 0.6) is 5.75 Å². The Kier molecular flexibility index (Phi) is 6.32. The third-order valence-corrected chi connectivity index (χ3v) is 4.23. The minimum absolute atomic E-state index is 0.0934. The Morgan fingerprint density at radius 2 is 2.07 bits per heavy atom. The Morgan fingerprint density at radius 3 is 2.81 bits per heavy atom. The SMILES string of the molecule is Cc1nc(-c2cccc(NC(=O)CCCOc3ccc(Cl)cc3Cl)c2)n[nH]1. The molecule has 1 heterocycles. The van der Waals surface area contributed by atoms with Crippen molar-refractivity contribution < 1.29 is 9.53 Å². The molecule has 3 aromatic rings. The van der Waals surface area contributed by atoms with Crippen molar-refractivity contribution in [3.8, 4) is 17.1 Å². The Hall–Kier alpha value is -2.57. The number of ether oxygens (including phenoxy) is 1. The van der Waals surface area contributed by atoms with E-state index >= 15 is 0 Å². The predicted molar refractivity (Wildman–Crippen MR) is 106 cm³/mol. The van der Waals surface area contributed by atoms with Crippen molar-refractivity contribution in [2.24, 2.45) is 0 Å². The zero-order valence-electron chi connectivity index (χ0n) is 14.6. The van der Waals surface area contributed by atoms with Gasteiger partial charge >= 0.3 is 0 Å². The molecule has 3 rings (SSSR count). The predicted octanol–water partition coefficient (Wildman–Crippen LogP) is 4.88. The lowest BCUT2D eigenvalue weighted by molar-refractivity contribution is -0.116. The third kappa shape index (κ3) is 5.45. The molecule has 0 aliphatic heterocycles. The van der Waals surface area contributed by atoms with Gasteiger partial charge in [0.15, 0.2) is 5.82 Å². The minimum atomic E-state index is -0.0934. The fraction of sp³-hybridized carbons (Fsp3) is 0.211. The van der Waals surface area contributed by atoms with Crippen LogP contribution in [0.2, 0.25) is 10.0 Å². The first-order chi connectivity index (χ1) is 13.0. The van der Waals surface area contributed by atoms with Gasteiger partial charge in [-0.3, -0.25) is 9.89 Å². The summed E-state index contributed by atoms with van der Waals surface area (Å²) in [6.45, 7) is 2.21. The van der Waals surface area contributed by atoms with Crippen molar-refractivity contribution in [3.63, 3.8) is 0 Å². The van der Waals surface area contributed by atoms with Gasteiger partial charge in [0.1, 0.15) is 11.6 Å². The second kappa shape index (κ2) is 8.88. The average Bonchev–Trinajstić information content (AvgIpc) is 3.07. The van der Waals surface area contributed by atoms with Gasteiger partial charge in [0.05, 0.1) is 11.6 Å². The van der Waals surface area contributed by atoms with Gasteiger partial charge in [-0.2, -0.15) is 5.10 Å². The first-order valence-corrected chi connectivity index (χ1v) is 9.14.